The lowest BCUT2D eigenvalue weighted by Gasteiger charge is -2.22. The summed E-state index contributed by atoms with van der Waals surface area (Å²) in [5.74, 6) is -0.637. The van der Waals surface area contributed by atoms with Gasteiger partial charge in [0.15, 0.2) is 0 Å². The summed E-state index contributed by atoms with van der Waals surface area (Å²) in [5.41, 5.74) is 1.07. The van der Waals surface area contributed by atoms with Crippen molar-refractivity contribution in [2.24, 2.45) is 0 Å². The van der Waals surface area contributed by atoms with Gasteiger partial charge >= 0.3 is 0 Å². The van der Waals surface area contributed by atoms with Crippen LogP contribution in [0.1, 0.15) is 18.4 Å². The van der Waals surface area contributed by atoms with Crippen molar-refractivity contribution in [3.63, 3.8) is 0 Å². The Morgan fingerprint density at radius 3 is 2.52 bits per heavy atom. The summed E-state index contributed by atoms with van der Waals surface area (Å²) in [6.07, 6.45) is 1.97. The molecule has 6 heteroatoms. The number of methoxy groups -OCH3 is 1. The lowest BCUT2D eigenvalue weighted by Crippen LogP contribution is -2.34. The Labute approximate surface area is 145 Å². The predicted molar refractivity (Wildman–Crippen MR) is 91.4 cm³/mol. The van der Waals surface area contributed by atoms with Gasteiger partial charge in [0.25, 0.3) is 0 Å². The van der Waals surface area contributed by atoms with E-state index in [4.69, 9.17) is 4.74 Å². The van der Waals surface area contributed by atoms with Crippen molar-refractivity contribution >= 4 is 11.6 Å². The van der Waals surface area contributed by atoms with Crippen LogP contribution in [0.5, 0.6) is 5.75 Å². The maximum Gasteiger partial charge on any atom is 0.238 e. The molecule has 1 N–H and O–H groups in total. The number of hydrogen-bond acceptors (Lipinski definition) is 3. The average Bonchev–Trinajstić information content (AvgIpc) is 3.42. The summed E-state index contributed by atoms with van der Waals surface area (Å²) in [6.45, 7) is 0.445. The Balaban J connectivity index is 1.62. The molecule has 0 heterocycles. The Morgan fingerprint density at radius 1 is 1.20 bits per heavy atom. The third-order valence-corrected chi connectivity index (χ3v) is 4.17. The molecule has 1 aliphatic rings. The predicted octanol–water partition coefficient (Wildman–Crippen LogP) is 3.58. The van der Waals surface area contributed by atoms with Crippen molar-refractivity contribution in [3.8, 4) is 5.75 Å². The van der Waals surface area contributed by atoms with Crippen LogP contribution < -0.4 is 10.1 Å². The fourth-order valence-corrected chi connectivity index (χ4v) is 2.68. The molecule has 0 spiro atoms. The van der Waals surface area contributed by atoms with Crippen LogP contribution in [0.2, 0.25) is 0 Å². The van der Waals surface area contributed by atoms with E-state index in [9.17, 15) is 13.6 Å². The Hall–Kier alpha value is -2.47. The third-order valence-electron chi connectivity index (χ3n) is 4.17. The van der Waals surface area contributed by atoms with E-state index >= 15 is 0 Å². The summed E-state index contributed by atoms with van der Waals surface area (Å²) in [7, 11) is 1.58. The number of ether oxygens (including phenoxy) is 1. The van der Waals surface area contributed by atoms with Crippen molar-refractivity contribution in [3.05, 3.63) is 59.7 Å². The molecule has 1 aliphatic carbocycles. The molecule has 1 saturated carbocycles. The molecule has 2 aromatic carbocycles. The molecule has 1 amide bonds. The molecule has 0 aliphatic heterocycles. The molecule has 0 atom stereocenters. The van der Waals surface area contributed by atoms with Gasteiger partial charge in [0, 0.05) is 29.9 Å². The van der Waals surface area contributed by atoms with E-state index in [2.05, 4.69) is 5.32 Å². The van der Waals surface area contributed by atoms with Crippen molar-refractivity contribution in [2.75, 3.05) is 19.0 Å². The van der Waals surface area contributed by atoms with Gasteiger partial charge in [0.1, 0.15) is 17.4 Å². The topological polar surface area (TPSA) is 41.6 Å². The highest BCUT2D eigenvalue weighted by molar-refractivity contribution is 5.92. The quantitative estimate of drug-likeness (QED) is 0.833. The van der Waals surface area contributed by atoms with Crippen LogP contribution in [0.25, 0.3) is 0 Å². The zero-order chi connectivity index (χ0) is 17.8. The second-order valence-electron chi connectivity index (χ2n) is 6.15. The normalized spacial score (nSPS) is 13.8. The van der Waals surface area contributed by atoms with Gasteiger partial charge in [-0.1, -0.05) is 6.07 Å². The summed E-state index contributed by atoms with van der Waals surface area (Å²) in [4.78, 5) is 14.2. The number of nitrogens with one attached hydrogen (secondary N) is 1. The molecule has 25 heavy (non-hydrogen) atoms. The lowest BCUT2D eigenvalue weighted by atomic mass is 10.2. The largest absolute Gasteiger partial charge is 0.497 e. The van der Waals surface area contributed by atoms with Crippen LogP contribution in [-0.4, -0.2) is 30.5 Å². The average molecular weight is 346 g/mol. The number of amides is 1. The first-order valence-corrected chi connectivity index (χ1v) is 8.17. The van der Waals surface area contributed by atoms with Crippen LogP contribution in [0, 0.1) is 11.6 Å². The highest BCUT2D eigenvalue weighted by Gasteiger charge is 2.30. The molecule has 0 radical (unpaired) electrons. The summed E-state index contributed by atoms with van der Waals surface area (Å²) < 4.78 is 32.0. The molecular weight excluding hydrogens is 326 g/mol. The van der Waals surface area contributed by atoms with Crippen molar-refractivity contribution < 1.29 is 18.3 Å². The molecular formula is C19H20F2N2O2. The number of rotatable bonds is 7. The first-order valence-electron chi connectivity index (χ1n) is 8.17. The first kappa shape index (κ1) is 17.4. The van der Waals surface area contributed by atoms with Crippen LogP contribution in [0.4, 0.5) is 14.5 Å². The maximum atomic E-state index is 13.9. The van der Waals surface area contributed by atoms with Crippen molar-refractivity contribution in [1.29, 1.82) is 0 Å². The SMILES string of the molecule is COc1ccc(NC(=O)CN(Cc2ccc(F)cc2F)C2CC2)cc1. The van der Waals surface area contributed by atoms with E-state index < -0.39 is 11.6 Å². The fraction of sp³-hybridized carbons (Fsp3) is 0.316. The fourth-order valence-electron chi connectivity index (χ4n) is 2.68. The van der Waals surface area contributed by atoms with Gasteiger partial charge in [0.05, 0.1) is 13.7 Å². The van der Waals surface area contributed by atoms with E-state index in [1.807, 2.05) is 4.90 Å². The highest BCUT2D eigenvalue weighted by Crippen LogP contribution is 2.28. The summed E-state index contributed by atoms with van der Waals surface area (Å²) in [5, 5.41) is 2.83. The number of nitrogens with zero attached hydrogens (tertiary/aromatic N) is 1. The number of hydrogen-bond donors (Lipinski definition) is 1. The molecule has 0 saturated heterocycles. The molecule has 0 aromatic heterocycles. The van der Waals surface area contributed by atoms with E-state index in [1.165, 1.54) is 12.1 Å². The Bertz CT molecular complexity index is 746. The molecule has 1 fully saturated rings. The molecule has 4 nitrogen and oxygen atoms in total. The molecule has 132 valence electrons. The highest BCUT2D eigenvalue weighted by atomic mass is 19.1. The van der Waals surface area contributed by atoms with Crippen LogP contribution in [-0.2, 0) is 11.3 Å². The van der Waals surface area contributed by atoms with Crippen molar-refractivity contribution in [1.82, 2.24) is 4.90 Å². The Morgan fingerprint density at radius 2 is 1.92 bits per heavy atom. The van der Waals surface area contributed by atoms with Gasteiger partial charge in [-0.2, -0.15) is 0 Å². The number of halogens is 2. The summed E-state index contributed by atoms with van der Waals surface area (Å²) >= 11 is 0. The summed E-state index contributed by atoms with van der Waals surface area (Å²) in [6, 6.07) is 10.9. The van der Waals surface area contributed by atoms with E-state index in [0.717, 1.165) is 18.9 Å². The monoisotopic (exact) mass is 346 g/mol. The van der Waals surface area contributed by atoms with Gasteiger partial charge in [-0.05, 0) is 43.2 Å². The second-order valence-corrected chi connectivity index (χ2v) is 6.15. The van der Waals surface area contributed by atoms with Crippen molar-refractivity contribution in [2.45, 2.75) is 25.4 Å². The zero-order valence-corrected chi connectivity index (χ0v) is 14.0. The van der Waals surface area contributed by atoms with Crippen LogP contribution in [0.3, 0.4) is 0 Å². The number of carbonyl (C=O) groups is 1. The van der Waals surface area contributed by atoms with E-state index in [0.29, 0.717) is 17.0 Å². The minimum absolute atomic E-state index is 0.160. The van der Waals surface area contributed by atoms with Gasteiger partial charge < -0.3 is 10.1 Å². The number of carbonyl (C=O) groups excluding carboxylic acids is 1. The van der Waals surface area contributed by atoms with E-state index in [-0.39, 0.29) is 25.0 Å². The molecule has 0 unspecified atom stereocenters. The minimum Gasteiger partial charge on any atom is -0.497 e. The van der Waals surface area contributed by atoms with Crippen LogP contribution in [0.15, 0.2) is 42.5 Å². The standard InChI is InChI=1S/C19H20F2N2O2/c1-25-17-8-4-15(5-9-17)22-19(24)12-23(16-6-7-16)11-13-2-3-14(20)10-18(13)21/h2-5,8-10,16H,6-7,11-12H2,1H3,(H,22,24). The maximum absolute atomic E-state index is 13.9. The molecule has 3 rings (SSSR count). The Kier molecular flexibility index (Phi) is 5.28. The third kappa shape index (κ3) is 4.76. The van der Waals surface area contributed by atoms with Gasteiger partial charge in [0.2, 0.25) is 5.91 Å². The molecule has 2 aromatic rings. The first-order chi connectivity index (χ1) is 12.0. The lowest BCUT2D eigenvalue weighted by molar-refractivity contribution is -0.117. The van der Waals surface area contributed by atoms with Gasteiger partial charge in [-0.3, -0.25) is 9.69 Å². The van der Waals surface area contributed by atoms with E-state index in [1.54, 1.807) is 31.4 Å². The zero-order valence-electron chi connectivity index (χ0n) is 14.0. The second kappa shape index (κ2) is 7.61. The number of benzene rings is 2. The minimum atomic E-state index is -0.600. The smallest absolute Gasteiger partial charge is 0.238 e. The van der Waals surface area contributed by atoms with Crippen LogP contribution >= 0.6 is 0 Å². The number of anilines is 1. The van der Waals surface area contributed by atoms with Gasteiger partial charge in [-0.15, -0.1) is 0 Å². The molecule has 0 bridgehead atoms. The van der Waals surface area contributed by atoms with Gasteiger partial charge in [-0.25, -0.2) is 8.78 Å².